The van der Waals surface area contributed by atoms with E-state index >= 15 is 4.39 Å². The van der Waals surface area contributed by atoms with Gasteiger partial charge in [-0.2, -0.15) is 0 Å². The number of nitrogens with one attached hydrogen (secondary N) is 1. The smallest absolute Gasteiger partial charge is 0.395 e. The van der Waals surface area contributed by atoms with Crippen LogP contribution in [0.4, 0.5) is 24.5 Å². The second-order valence-corrected chi connectivity index (χ2v) is 10.6. The third-order valence-corrected chi connectivity index (χ3v) is 7.12. The van der Waals surface area contributed by atoms with Crippen LogP contribution in [0.2, 0.25) is 0 Å². The fourth-order valence-corrected chi connectivity index (χ4v) is 5.17. The molecule has 182 valence electrons. The van der Waals surface area contributed by atoms with Crippen molar-refractivity contribution in [1.29, 1.82) is 0 Å². The Kier molecular flexibility index (Phi) is 5.08. The molecular weight excluding hydrogens is 445 g/mol. The van der Waals surface area contributed by atoms with Crippen LogP contribution in [0.15, 0.2) is 30.3 Å². The van der Waals surface area contributed by atoms with E-state index in [9.17, 15) is 13.6 Å². The number of carbonyl (C=O) groups is 1. The number of carbonyl (C=O) groups excluding carboxylic acids is 1. The minimum absolute atomic E-state index is 0.0162. The first-order chi connectivity index (χ1) is 15.9. The van der Waals surface area contributed by atoms with Gasteiger partial charge in [-0.25, -0.2) is 4.39 Å². The number of amides is 1. The first kappa shape index (κ1) is 22.9. The number of halogens is 3. The highest BCUT2D eigenvalue weighted by atomic mass is 19.3. The minimum atomic E-state index is -3.72. The van der Waals surface area contributed by atoms with E-state index in [1.54, 1.807) is 12.1 Å². The second-order valence-electron chi connectivity index (χ2n) is 10.6. The number of hydrogen-bond acceptors (Lipinski definition) is 4. The number of hydrogen-bond donors (Lipinski definition) is 1. The molecule has 0 bridgehead atoms. The highest BCUT2D eigenvalue weighted by molar-refractivity contribution is 6.01. The molecule has 1 aliphatic carbocycles. The van der Waals surface area contributed by atoms with Crippen molar-refractivity contribution in [2.75, 3.05) is 16.8 Å². The van der Waals surface area contributed by atoms with Gasteiger partial charge >= 0.3 is 6.29 Å². The van der Waals surface area contributed by atoms with Crippen LogP contribution >= 0.6 is 0 Å². The molecule has 2 aromatic rings. The lowest BCUT2D eigenvalue weighted by Crippen LogP contribution is -2.42. The molecular formula is C26H29F3N2O3. The molecule has 0 saturated heterocycles. The van der Waals surface area contributed by atoms with E-state index < -0.39 is 17.5 Å². The zero-order valence-corrected chi connectivity index (χ0v) is 19.8. The molecule has 2 aromatic carbocycles. The van der Waals surface area contributed by atoms with Crippen molar-refractivity contribution in [2.45, 2.75) is 71.1 Å². The topological polar surface area (TPSA) is 50.8 Å². The Balaban J connectivity index is 1.40. The van der Waals surface area contributed by atoms with Gasteiger partial charge in [0.25, 0.3) is 0 Å². The van der Waals surface area contributed by atoms with E-state index in [1.165, 1.54) is 18.2 Å². The molecule has 1 amide bonds. The Bertz CT molecular complexity index is 1150. The van der Waals surface area contributed by atoms with E-state index in [4.69, 9.17) is 0 Å². The molecule has 1 unspecified atom stereocenters. The van der Waals surface area contributed by atoms with Gasteiger partial charge in [-0.15, -0.1) is 8.78 Å². The van der Waals surface area contributed by atoms with Gasteiger partial charge in [-0.3, -0.25) is 4.79 Å². The summed E-state index contributed by atoms with van der Waals surface area (Å²) in [5, 5.41) is 2.77. The van der Waals surface area contributed by atoms with Gasteiger partial charge in [0.2, 0.25) is 5.91 Å². The van der Waals surface area contributed by atoms with Crippen LogP contribution in [0, 0.1) is 11.2 Å². The van der Waals surface area contributed by atoms with Crippen molar-refractivity contribution in [3.63, 3.8) is 0 Å². The maximum atomic E-state index is 15.2. The van der Waals surface area contributed by atoms with Gasteiger partial charge in [0, 0.05) is 18.3 Å². The van der Waals surface area contributed by atoms with E-state index in [0.717, 1.165) is 30.6 Å². The highest BCUT2D eigenvalue weighted by Gasteiger charge is 2.53. The van der Waals surface area contributed by atoms with E-state index in [2.05, 4.69) is 47.4 Å². The van der Waals surface area contributed by atoms with Crippen LogP contribution in [0.1, 0.15) is 58.1 Å². The molecule has 3 aliphatic rings. The van der Waals surface area contributed by atoms with Crippen LogP contribution < -0.4 is 19.7 Å². The number of fused-ring (bicyclic) bond motifs is 2. The standard InChI is InChI=1S/C26H29F3N2O3/c1-5-10-31-19-14-17(27)18(11-15(19)12-22(31)24(2,3)4)30-23(32)25(8-9-25)16-6-7-20-21(13-16)34-26(28,29)33-20/h6-7,11,13-14,22H,5,8-10,12H2,1-4H3,(H,30,32). The number of anilines is 2. The van der Waals surface area contributed by atoms with E-state index in [0.29, 0.717) is 18.4 Å². The highest BCUT2D eigenvalue weighted by Crippen LogP contribution is 2.52. The fourth-order valence-electron chi connectivity index (χ4n) is 5.17. The van der Waals surface area contributed by atoms with Crippen LogP contribution in [-0.2, 0) is 16.6 Å². The largest absolute Gasteiger partial charge is 0.586 e. The summed E-state index contributed by atoms with van der Waals surface area (Å²) >= 11 is 0. The van der Waals surface area contributed by atoms with Crippen LogP contribution in [0.5, 0.6) is 11.5 Å². The summed E-state index contributed by atoms with van der Waals surface area (Å²) in [7, 11) is 0. The molecule has 1 N–H and O–H groups in total. The fraction of sp³-hybridized carbons (Fsp3) is 0.500. The number of nitrogens with zero attached hydrogens (tertiary/aromatic N) is 1. The Morgan fingerprint density at radius 2 is 1.85 bits per heavy atom. The van der Waals surface area contributed by atoms with Gasteiger partial charge in [-0.05, 0) is 66.5 Å². The van der Waals surface area contributed by atoms with E-state index in [1.807, 2.05) is 0 Å². The Hall–Kier alpha value is -2.90. The van der Waals surface area contributed by atoms with E-state index in [-0.39, 0.29) is 34.6 Å². The van der Waals surface area contributed by atoms with Gasteiger partial charge in [0.15, 0.2) is 11.5 Å². The lowest BCUT2D eigenvalue weighted by molar-refractivity contribution is -0.286. The number of ether oxygens (including phenoxy) is 2. The summed E-state index contributed by atoms with van der Waals surface area (Å²) in [6.07, 6.45) is -0.904. The summed E-state index contributed by atoms with van der Waals surface area (Å²) in [5.41, 5.74) is 1.71. The number of alkyl halides is 2. The molecule has 2 aliphatic heterocycles. The molecule has 5 rings (SSSR count). The SMILES string of the molecule is CCCN1c2cc(F)c(NC(=O)C3(c4ccc5c(c4)OC(F)(F)O5)CC3)cc2CC1C(C)(C)C. The maximum Gasteiger partial charge on any atom is 0.586 e. The first-order valence-electron chi connectivity index (χ1n) is 11.7. The molecule has 5 nitrogen and oxygen atoms in total. The van der Waals surface area contributed by atoms with Crippen molar-refractivity contribution in [3.8, 4) is 11.5 Å². The molecule has 1 fully saturated rings. The average molecular weight is 475 g/mol. The molecule has 2 heterocycles. The summed E-state index contributed by atoms with van der Waals surface area (Å²) in [5.74, 6) is -1.01. The molecule has 0 spiro atoms. The summed E-state index contributed by atoms with van der Waals surface area (Å²) < 4.78 is 50.9. The molecule has 0 radical (unpaired) electrons. The van der Waals surface area contributed by atoms with Crippen molar-refractivity contribution in [1.82, 2.24) is 0 Å². The number of benzene rings is 2. The van der Waals surface area contributed by atoms with Crippen molar-refractivity contribution < 1.29 is 27.4 Å². The van der Waals surface area contributed by atoms with Gasteiger partial charge in [-0.1, -0.05) is 33.8 Å². The third-order valence-electron chi connectivity index (χ3n) is 7.12. The molecule has 1 atom stereocenters. The Morgan fingerprint density at radius 3 is 2.50 bits per heavy atom. The molecule has 34 heavy (non-hydrogen) atoms. The van der Waals surface area contributed by atoms with Crippen molar-refractivity contribution in [3.05, 3.63) is 47.3 Å². The summed E-state index contributed by atoms with van der Waals surface area (Å²) in [6, 6.07) is 7.89. The third kappa shape index (κ3) is 3.77. The molecule has 1 saturated carbocycles. The van der Waals surface area contributed by atoms with Crippen LogP contribution in [0.25, 0.3) is 0 Å². The monoisotopic (exact) mass is 474 g/mol. The van der Waals surface area contributed by atoms with Crippen LogP contribution in [-0.4, -0.2) is 24.8 Å². The maximum absolute atomic E-state index is 15.2. The zero-order valence-electron chi connectivity index (χ0n) is 19.8. The first-order valence-corrected chi connectivity index (χ1v) is 11.7. The second kappa shape index (κ2) is 7.55. The minimum Gasteiger partial charge on any atom is -0.395 e. The lowest BCUT2D eigenvalue weighted by Gasteiger charge is -2.36. The van der Waals surface area contributed by atoms with Crippen molar-refractivity contribution in [2.24, 2.45) is 5.41 Å². The summed E-state index contributed by atoms with van der Waals surface area (Å²) in [4.78, 5) is 15.5. The van der Waals surface area contributed by atoms with Gasteiger partial charge < -0.3 is 19.7 Å². The van der Waals surface area contributed by atoms with Crippen LogP contribution in [0.3, 0.4) is 0 Å². The predicted octanol–water partition coefficient (Wildman–Crippen LogP) is 6.00. The van der Waals surface area contributed by atoms with Crippen molar-refractivity contribution >= 4 is 17.3 Å². The van der Waals surface area contributed by atoms with Gasteiger partial charge in [0.1, 0.15) is 5.82 Å². The van der Waals surface area contributed by atoms with Gasteiger partial charge in [0.05, 0.1) is 11.1 Å². The average Bonchev–Trinajstić information content (AvgIpc) is 3.39. The molecule has 0 aromatic heterocycles. The normalized spacial score (nSPS) is 21.4. The lowest BCUT2D eigenvalue weighted by atomic mass is 9.84. The Labute approximate surface area is 197 Å². The number of rotatable bonds is 5. The predicted molar refractivity (Wildman–Crippen MR) is 123 cm³/mol. The zero-order chi connectivity index (χ0) is 24.5. The molecule has 8 heteroatoms. The quantitative estimate of drug-likeness (QED) is 0.577. The summed E-state index contributed by atoms with van der Waals surface area (Å²) in [6.45, 7) is 9.50. The Morgan fingerprint density at radius 1 is 1.15 bits per heavy atom.